The van der Waals surface area contributed by atoms with Crippen LogP contribution < -0.4 is 10.6 Å². The number of aliphatic carboxylic acids is 1. The predicted octanol–water partition coefficient (Wildman–Crippen LogP) is 0.834. The van der Waals surface area contributed by atoms with E-state index in [0.29, 0.717) is 5.76 Å². The summed E-state index contributed by atoms with van der Waals surface area (Å²) in [6, 6.07) is 2.80. The molecule has 1 fully saturated rings. The summed E-state index contributed by atoms with van der Waals surface area (Å²) in [6.07, 6.45) is 2.61. The molecular formula is C11H16N2O3. The van der Waals surface area contributed by atoms with Crippen molar-refractivity contribution < 1.29 is 14.3 Å². The van der Waals surface area contributed by atoms with Crippen LogP contribution in [0.2, 0.25) is 0 Å². The van der Waals surface area contributed by atoms with Crippen molar-refractivity contribution in [1.29, 1.82) is 0 Å². The van der Waals surface area contributed by atoms with Crippen molar-refractivity contribution in [2.24, 2.45) is 5.73 Å². The van der Waals surface area contributed by atoms with Crippen molar-refractivity contribution in [3.05, 3.63) is 17.9 Å². The normalized spacial score (nSPS) is 17.7. The Hall–Kier alpha value is -1.49. The highest BCUT2D eigenvalue weighted by molar-refractivity contribution is 5.73. The third-order valence-corrected chi connectivity index (χ3v) is 2.80. The second kappa shape index (κ2) is 4.57. The molecule has 0 spiro atoms. The molecule has 0 aromatic carbocycles. The van der Waals surface area contributed by atoms with E-state index in [1.807, 2.05) is 6.07 Å². The first kappa shape index (κ1) is 11.0. The molecule has 0 bridgehead atoms. The van der Waals surface area contributed by atoms with Crippen LogP contribution in [0.5, 0.6) is 0 Å². The quantitative estimate of drug-likeness (QED) is 0.792. The Kier molecular flexibility index (Phi) is 3.14. The zero-order valence-electron chi connectivity index (χ0n) is 9.06. The maximum Gasteiger partial charge on any atom is 0.320 e. The fraction of sp³-hybridized carbons (Fsp3) is 0.545. The summed E-state index contributed by atoms with van der Waals surface area (Å²) in [5, 5.41) is 8.68. The SMILES string of the molecule is N[C@@H](Cc1ccc(N2CCCC2)o1)C(=O)O. The minimum atomic E-state index is -1.00. The standard InChI is InChI=1S/C11H16N2O3/c12-9(11(14)15)7-8-3-4-10(16-8)13-5-1-2-6-13/h3-4,9H,1-2,5-7,12H2,(H,14,15)/t9-/m0/s1. The molecule has 1 aromatic rings. The van der Waals surface area contributed by atoms with E-state index >= 15 is 0 Å². The van der Waals surface area contributed by atoms with E-state index in [2.05, 4.69) is 4.90 Å². The van der Waals surface area contributed by atoms with Gasteiger partial charge in [-0.25, -0.2) is 0 Å². The number of furan rings is 1. The van der Waals surface area contributed by atoms with Crippen LogP contribution in [0, 0.1) is 0 Å². The van der Waals surface area contributed by atoms with Crippen LogP contribution >= 0.6 is 0 Å². The molecule has 2 heterocycles. The van der Waals surface area contributed by atoms with Crippen molar-refractivity contribution in [2.45, 2.75) is 25.3 Å². The molecule has 5 heteroatoms. The summed E-state index contributed by atoms with van der Waals surface area (Å²) >= 11 is 0. The molecule has 0 unspecified atom stereocenters. The minimum absolute atomic E-state index is 0.239. The number of hydrogen-bond donors (Lipinski definition) is 2. The van der Waals surface area contributed by atoms with Crippen LogP contribution in [0.3, 0.4) is 0 Å². The van der Waals surface area contributed by atoms with Gasteiger partial charge in [0, 0.05) is 25.6 Å². The van der Waals surface area contributed by atoms with Crippen molar-refractivity contribution in [3.8, 4) is 0 Å². The summed E-state index contributed by atoms with van der Waals surface area (Å²) in [6.45, 7) is 2.02. The molecule has 1 atom stereocenters. The Balaban J connectivity index is 1.99. The van der Waals surface area contributed by atoms with Crippen LogP contribution in [0.4, 0.5) is 5.88 Å². The summed E-state index contributed by atoms with van der Waals surface area (Å²) in [4.78, 5) is 12.8. The number of carbonyl (C=O) groups is 1. The highest BCUT2D eigenvalue weighted by atomic mass is 16.4. The molecule has 2 rings (SSSR count). The number of carboxylic acid groups (broad SMARTS) is 1. The second-order valence-corrected chi connectivity index (χ2v) is 4.08. The molecule has 88 valence electrons. The third kappa shape index (κ3) is 2.36. The lowest BCUT2D eigenvalue weighted by Gasteiger charge is -2.13. The van der Waals surface area contributed by atoms with Crippen molar-refractivity contribution in [3.63, 3.8) is 0 Å². The molecule has 0 aliphatic carbocycles. The third-order valence-electron chi connectivity index (χ3n) is 2.80. The minimum Gasteiger partial charge on any atom is -0.480 e. The largest absolute Gasteiger partial charge is 0.480 e. The predicted molar refractivity (Wildman–Crippen MR) is 59.5 cm³/mol. The van der Waals surface area contributed by atoms with Gasteiger partial charge in [-0.05, 0) is 18.9 Å². The average molecular weight is 224 g/mol. The monoisotopic (exact) mass is 224 g/mol. The molecule has 0 radical (unpaired) electrons. The fourth-order valence-electron chi connectivity index (χ4n) is 1.89. The van der Waals surface area contributed by atoms with Gasteiger partial charge in [-0.2, -0.15) is 0 Å². The molecule has 0 amide bonds. The van der Waals surface area contributed by atoms with Gasteiger partial charge in [0.05, 0.1) is 0 Å². The van der Waals surface area contributed by atoms with E-state index in [9.17, 15) is 4.79 Å². The average Bonchev–Trinajstić information content (AvgIpc) is 2.85. The smallest absolute Gasteiger partial charge is 0.320 e. The van der Waals surface area contributed by atoms with Gasteiger partial charge in [-0.1, -0.05) is 0 Å². The van der Waals surface area contributed by atoms with Gasteiger partial charge in [0.2, 0.25) is 0 Å². The topological polar surface area (TPSA) is 79.7 Å². The molecule has 3 N–H and O–H groups in total. The fourth-order valence-corrected chi connectivity index (χ4v) is 1.89. The van der Waals surface area contributed by atoms with Crippen LogP contribution in [-0.4, -0.2) is 30.2 Å². The van der Waals surface area contributed by atoms with Gasteiger partial charge in [0.25, 0.3) is 0 Å². The first-order valence-corrected chi connectivity index (χ1v) is 5.49. The Morgan fingerprint density at radius 3 is 2.81 bits per heavy atom. The number of hydrogen-bond acceptors (Lipinski definition) is 4. The summed E-state index contributed by atoms with van der Waals surface area (Å²) in [5.41, 5.74) is 5.44. The molecule has 0 saturated carbocycles. The van der Waals surface area contributed by atoms with Gasteiger partial charge in [0.1, 0.15) is 11.8 Å². The molecule has 1 saturated heterocycles. The molecule has 1 aliphatic rings. The van der Waals surface area contributed by atoms with E-state index in [0.717, 1.165) is 19.0 Å². The number of rotatable bonds is 4. The molecule has 1 aliphatic heterocycles. The molecular weight excluding hydrogens is 208 g/mol. The second-order valence-electron chi connectivity index (χ2n) is 4.08. The Morgan fingerprint density at radius 1 is 1.50 bits per heavy atom. The lowest BCUT2D eigenvalue weighted by Crippen LogP contribution is -2.32. The highest BCUT2D eigenvalue weighted by Gasteiger charge is 2.18. The first-order valence-electron chi connectivity index (χ1n) is 5.49. The van der Waals surface area contributed by atoms with Gasteiger partial charge in [-0.15, -0.1) is 0 Å². The zero-order chi connectivity index (χ0) is 11.5. The maximum atomic E-state index is 10.6. The van der Waals surface area contributed by atoms with E-state index < -0.39 is 12.0 Å². The lowest BCUT2D eigenvalue weighted by atomic mass is 10.2. The van der Waals surface area contributed by atoms with Crippen molar-refractivity contribution in [1.82, 2.24) is 0 Å². The first-order chi connectivity index (χ1) is 7.66. The summed E-state index contributed by atoms with van der Waals surface area (Å²) in [5.74, 6) is 0.459. The number of nitrogens with two attached hydrogens (primary N) is 1. The van der Waals surface area contributed by atoms with Gasteiger partial charge in [0.15, 0.2) is 5.88 Å². The highest BCUT2D eigenvalue weighted by Crippen LogP contribution is 2.23. The Labute approximate surface area is 93.8 Å². The molecule has 16 heavy (non-hydrogen) atoms. The number of carboxylic acids is 1. The maximum absolute atomic E-state index is 10.6. The zero-order valence-corrected chi connectivity index (χ0v) is 9.06. The van der Waals surface area contributed by atoms with Crippen LogP contribution in [0.15, 0.2) is 16.5 Å². The summed E-state index contributed by atoms with van der Waals surface area (Å²) < 4.78 is 5.57. The van der Waals surface area contributed by atoms with Crippen LogP contribution in [0.25, 0.3) is 0 Å². The molecule has 5 nitrogen and oxygen atoms in total. The van der Waals surface area contributed by atoms with Gasteiger partial charge < -0.3 is 20.2 Å². The van der Waals surface area contributed by atoms with Crippen molar-refractivity contribution in [2.75, 3.05) is 18.0 Å². The van der Waals surface area contributed by atoms with E-state index in [4.69, 9.17) is 15.3 Å². The number of anilines is 1. The van der Waals surface area contributed by atoms with Crippen LogP contribution in [0.1, 0.15) is 18.6 Å². The van der Waals surface area contributed by atoms with Gasteiger partial charge >= 0.3 is 5.97 Å². The van der Waals surface area contributed by atoms with Crippen LogP contribution in [-0.2, 0) is 11.2 Å². The Morgan fingerprint density at radius 2 is 2.19 bits per heavy atom. The van der Waals surface area contributed by atoms with E-state index in [-0.39, 0.29) is 6.42 Å². The Bertz CT molecular complexity index is 369. The lowest BCUT2D eigenvalue weighted by molar-refractivity contribution is -0.138. The van der Waals surface area contributed by atoms with E-state index in [1.54, 1.807) is 6.07 Å². The van der Waals surface area contributed by atoms with E-state index in [1.165, 1.54) is 12.8 Å². The van der Waals surface area contributed by atoms with Crippen molar-refractivity contribution >= 4 is 11.9 Å². The van der Waals surface area contributed by atoms with Gasteiger partial charge in [-0.3, -0.25) is 4.79 Å². The number of nitrogens with zero attached hydrogens (tertiary/aromatic N) is 1. The molecule has 1 aromatic heterocycles. The summed E-state index contributed by atoms with van der Waals surface area (Å²) in [7, 11) is 0.